The lowest BCUT2D eigenvalue weighted by Gasteiger charge is -2.32. The van der Waals surface area contributed by atoms with Crippen molar-refractivity contribution >= 4 is 17.5 Å². The molecule has 6 heteroatoms. The SMILES string of the molecule is CN1CCN(C(=O)COc2ccc(C#N)c(Cl)c2)CC1. The maximum atomic E-state index is 12.0. The summed E-state index contributed by atoms with van der Waals surface area (Å²) in [5, 5.41) is 9.11. The minimum Gasteiger partial charge on any atom is -0.484 e. The van der Waals surface area contributed by atoms with Crippen LogP contribution in [0.15, 0.2) is 18.2 Å². The third kappa shape index (κ3) is 3.62. The molecule has 1 aliphatic rings. The summed E-state index contributed by atoms with van der Waals surface area (Å²) in [4.78, 5) is 16.0. The fraction of sp³-hybridized carbons (Fsp3) is 0.429. The van der Waals surface area contributed by atoms with Crippen molar-refractivity contribution in [3.05, 3.63) is 28.8 Å². The van der Waals surface area contributed by atoms with Crippen LogP contribution in [0.1, 0.15) is 5.56 Å². The van der Waals surface area contributed by atoms with Gasteiger partial charge in [0.2, 0.25) is 0 Å². The van der Waals surface area contributed by atoms with E-state index in [0.29, 0.717) is 16.3 Å². The molecule has 1 fully saturated rings. The normalized spacial score (nSPS) is 15.8. The van der Waals surface area contributed by atoms with Crippen LogP contribution in [0.5, 0.6) is 5.75 Å². The van der Waals surface area contributed by atoms with Crippen LogP contribution in [0.3, 0.4) is 0 Å². The van der Waals surface area contributed by atoms with E-state index >= 15 is 0 Å². The Hall–Kier alpha value is -1.77. The van der Waals surface area contributed by atoms with Crippen molar-refractivity contribution in [1.82, 2.24) is 9.80 Å². The van der Waals surface area contributed by atoms with Crippen molar-refractivity contribution in [2.75, 3.05) is 39.8 Å². The van der Waals surface area contributed by atoms with Crippen molar-refractivity contribution in [2.45, 2.75) is 0 Å². The second-order valence-electron chi connectivity index (χ2n) is 4.73. The molecule has 5 nitrogen and oxygen atoms in total. The predicted molar refractivity (Wildman–Crippen MR) is 75.7 cm³/mol. The summed E-state index contributed by atoms with van der Waals surface area (Å²) >= 11 is 5.91. The van der Waals surface area contributed by atoms with Crippen molar-refractivity contribution in [1.29, 1.82) is 5.26 Å². The van der Waals surface area contributed by atoms with Gasteiger partial charge in [0.15, 0.2) is 6.61 Å². The highest BCUT2D eigenvalue weighted by atomic mass is 35.5. The number of carbonyl (C=O) groups is 1. The zero-order valence-corrected chi connectivity index (χ0v) is 12.1. The van der Waals surface area contributed by atoms with Gasteiger partial charge in [-0.3, -0.25) is 4.79 Å². The molecule has 1 aromatic rings. The third-order valence-electron chi connectivity index (χ3n) is 3.28. The van der Waals surface area contributed by atoms with Crippen LogP contribution in [0, 0.1) is 11.3 Å². The van der Waals surface area contributed by atoms with Gasteiger partial charge in [-0.1, -0.05) is 11.6 Å². The lowest BCUT2D eigenvalue weighted by Crippen LogP contribution is -2.48. The van der Waals surface area contributed by atoms with Crippen LogP contribution < -0.4 is 4.74 Å². The first kappa shape index (κ1) is 14.6. The Balaban J connectivity index is 1.87. The van der Waals surface area contributed by atoms with Gasteiger partial charge < -0.3 is 14.5 Å². The number of rotatable bonds is 3. The summed E-state index contributed by atoms with van der Waals surface area (Å²) in [5.41, 5.74) is 0.393. The number of likely N-dealkylation sites (N-methyl/N-ethyl adjacent to an activating group) is 1. The Labute approximate surface area is 123 Å². The van der Waals surface area contributed by atoms with Gasteiger partial charge in [-0.05, 0) is 19.2 Å². The van der Waals surface area contributed by atoms with Crippen molar-refractivity contribution in [3.8, 4) is 11.8 Å². The van der Waals surface area contributed by atoms with Crippen molar-refractivity contribution < 1.29 is 9.53 Å². The van der Waals surface area contributed by atoms with E-state index in [1.807, 2.05) is 13.1 Å². The molecule has 0 aromatic heterocycles. The molecular weight excluding hydrogens is 278 g/mol. The molecule has 1 saturated heterocycles. The first-order valence-corrected chi connectivity index (χ1v) is 6.76. The summed E-state index contributed by atoms with van der Waals surface area (Å²) < 4.78 is 5.43. The average molecular weight is 294 g/mol. The quantitative estimate of drug-likeness (QED) is 0.844. The first-order valence-electron chi connectivity index (χ1n) is 6.39. The number of piperazine rings is 1. The molecule has 2 rings (SSSR count). The largest absolute Gasteiger partial charge is 0.484 e. The lowest BCUT2D eigenvalue weighted by molar-refractivity contribution is -0.134. The van der Waals surface area contributed by atoms with Crippen molar-refractivity contribution in [3.63, 3.8) is 0 Å². The summed E-state index contributed by atoms with van der Waals surface area (Å²) in [6, 6.07) is 6.75. The van der Waals surface area contributed by atoms with E-state index < -0.39 is 0 Å². The minimum absolute atomic E-state index is 0.00799. The number of ether oxygens (including phenoxy) is 1. The van der Waals surface area contributed by atoms with Gasteiger partial charge in [0, 0.05) is 32.2 Å². The van der Waals surface area contributed by atoms with Crippen LogP contribution in [0.25, 0.3) is 0 Å². The lowest BCUT2D eigenvalue weighted by atomic mass is 10.2. The van der Waals surface area contributed by atoms with E-state index in [9.17, 15) is 4.79 Å². The van der Waals surface area contributed by atoms with Gasteiger partial charge in [-0.15, -0.1) is 0 Å². The van der Waals surface area contributed by atoms with Crippen molar-refractivity contribution in [2.24, 2.45) is 0 Å². The Morgan fingerprint density at radius 2 is 2.10 bits per heavy atom. The number of hydrogen-bond donors (Lipinski definition) is 0. The van der Waals surface area contributed by atoms with Gasteiger partial charge in [-0.25, -0.2) is 0 Å². The number of carbonyl (C=O) groups excluding carboxylic acids is 1. The molecule has 1 aliphatic heterocycles. The molecule has 0 atom stereocenters. The highest BCUT2D eigenvalue weighted by molar-refractivity contribution is 6.31. The molecular formula is C14H16ClN3O2. The van der Waals surface area contributed by atoms with Crippen LogP contribution in [0.4, 0.5) is 0 Å². The topological polar surface area (TPSA) is 56.6 Å². The maximum Gasteiger partial charge on any atom is 0.260 e. The van der Waals surface area contributed by atoms with E-state index in [-0.39, 0.29) is 12.5 Å². The van der Waals surface area contributed by atoms with E-state index in [1.165, 1.54) is 0 Å². The molecule has 0 radical (unpaired) electrons. The van der Waals surface area contributed by atoms with Gasteiger partial charge in [0.05, 0.1) is 10.6 Å². The standard InChI is InChI=1S/C14H16ClN3O2/c1-17-4-6-18(7-5-17)14(19)10-20-12-3-2-11(9-16)13(15)8-12/h2-3,8H,4-7,10H2,1H3. The smallest absolute Gasteiger partial charge is 0.260 e. The minimum atomic E-state index is -0.0291. The first-order chi connectivity index (χ1) is 9.60. The van der Waals surface area contributed by atoms with E-state index in [2.05, 4.69) is 4.90 Å². The number of nitriles is 1. The van der Waals surface area contributed by atoms with E-state index in [4.69, 9.17) is 21.6 Å². The summed E-state index contributed by atoms with van der Waals surface area (Å²) in [7, 11) is 2.04. The fourth-order valence-electron chi connectivity index (χ4n) is 1.97. The number of hydrogen-bond acceptors (Lipinski definition) is 4. The average Bonchev–Trinajstić information content (AvgIpc) is 2.45. The Kier molecular flexibility index (Phi) is 4.83. The number of benzene rings is 1. The zero-order valence-electron chi connectivity index (χ0n) is 11.3. The molecule has 0 aliphatic carbocycles. The number of halogens is 1. The number of nitrogens with zero attached hydrogens (tertiary/aromatic N) is 3. The van der Waals surface area contributed by atoms with Gasteiger partial charge in [-0.2, -0.15) is 5.26 Å². The molecule has 0 saturated carbocycles. The molecule has 1 heterocycles. The Morgan fingerprint density at radius 3 is 2.70 bits per heavy atom. The molecule has 0 spiro atoms. The second kappa shape index (κ2) is 6.60. The van der Waals surface area contributed by atoms with E-state index in [0.717, 1.165) is 26.2 Å². The van der Waals surface area contributed by atoms with E-state index in [1.54, 1.807) is 23.1 Å². The summed E-state index contributed by atoms with van der Waals surface area (Å²) in [6.45, 7) is 3.22. The predicted octanol–water partition coefficient (Wildman–Crippen LogP) is 1.36. The Bertz CT molecular complexity index is 534. The maximum absolute atomic E-state index is 12.0. The second-order valence-corrected chi connectivity index (χ2v) is 5.13. The molecule has 0 N–H and O–H groups in total. The molecule has 0 unspecified atom stereocenters. The monoisotopic (exact) mass is 293 g/mol. The van der Waals surface area contributed by atoms with Crippen LogP contribution in [0.2, 0.25) is 5.02 Å². The zero-order chi connectivity index (χ0) is 14.5. The van der Waals surface area contributed by atoms with Crippen LogP contribution in [-0.4, -0.2) is 55.5 Å². The van der Waals surface area contributed by atoms with Gasteiger partial charge in [0.25, 0.3) is 5.91 Å². The molecule has 106 valence electrons. The molecule has 20 heavy (non-hydrogen) atoms. The third-order valence-corrected chi connectivity index (χ3v) is 3.59. The van der Waals surface area contributed by atoms with Gasteiger partial charge in [0.1, 0.15) is 11.8 Å². The molecule has 1 amide bonds. The van der Waals surface area contributed by atoms with Crippen LogP contribution >= 0.6 is 11.6 Å². The fourth-order valence-corrected chi connectivity index (χ4v) is 2.18. The Morgan fingerprint density at radius 1 is 1.40 bits per heavy atom. The number of amides is 1. The summed E-state index contributed by atoms with van der Waals surface area (Å²) in [6.07, 6.45) is 0. The van der Waals surface area contributed by atoms with Gasteiger partial charge >= 0.3 is 0 Å². The summed E-state index contributed by atoms with van der Waals surface area (Å²) in [5.74, 6) is 0.468. The highest BCUT2D eigenvalue weighted by Gasteiger charge is 2.19. The molecule has 1 aromatic carbocycles. The molecule has 0 bridgehead atoms. The highest BCUT2D eigenvalue weighted by Crippen LogP contribution is 2.21. The van der Waals surface area contributed by atoms with Crippen LogP contribution in [-0.2, 0) is 4.79 Å².